The largest absolute Gasteiger partial charge is 0.350 e. The fourth-order valence-electron chi connectivity index (χ4n) is 1.28. The molecule has 1 aromatic rings. The van der Waals surface area contributed by atoms with Gasteiger partial charge in [0, 0.05) is 11.6 Å². The van der Waals surface area contributed by atoms with Gasteiger partial charge >= 0.3 is 0 Å². The first-order chi connectivity index (χ1) is 8.69. The van der Waals surface area contributed by atoms with E-state index in [4.69, 9.17) is 0 Å². The molecule has 0 bridgehead atoms. The van der Waals surface area contributed by atoms with E-state index in [0.717, 1.165) is 0 Å². The first-order valence-corrected chi connectivity index (χ1v) is 5.87. The summed E-state index contributed by atoms with van der Waals surface area (Å²) in [5, 5.41) is 11.0. The molecule has 0 aliphatic heterocycles. The Balaban J connectivity index is 2.64. The van der Waals surface area contributed by atoms with E-state index >= 15 is 0 Å². The fraction of sp³-hybridized carbons (Fsp3) is 0.500. The van der Waals surface area contributed by atoms with Crippen LogP contribution in [0.1, 0.15) is 38.2 Å². The number of hydrogen-bond donors (Lipinski definition) is 3. The van der Waals surface area contributed by atoms with Gasteiger partial charge in [0.05, 0.1) is 0 Å². The van der Waals surface area contributed by atoms with Crippen molar-refractivity contribution in [3.63, 3.8) is 0 Å². The van der Waals surface area contributed by atoms with Crippen molar-refractivity contribution in [1.29, 1.82) is 0 Å². The second kappa shape index (κ2) is 5.64. The summed E-state index contributed by atoms with van der Waals surface area (Å²) >= 11 is 0. The average Bonchev–Trinajstić information content (AvgIpc) is 2.27. The molecule has 3 N–H and O–H groups in total. The highest BCUT2D eigenvalue weighted by molar-refractivity contribution is 5.95. The van der Waals surface area contributed by atoms with Crippen LogP contribution in [-0.2, 0) is 4.79 Å². The van der Waals surface area contributed by atoms with Crippen molar-refractivity contribution in [3.8, 4) is 0 Å². The number of aromatic nitrogens is 2. The van der Waals surface area contributed by atoms with Crippen LogP contribution in [0, 0.1) is 0 Å². The maximum absolute atomic E-state index is 11.8. The van der Waals surface area contributed by atoms with E-state index in [0.29, 0.717) is 0 Å². The summed E-state index contributed by atoms with van der Waals surface area (Å²) in [6.45, 7) is 7.12. The maximum atomic E-state index is 11.8. The normalized spacial score (nSPS) is 12.6. The fourth-order valence-corrected chi connectivity index (χ4v) is 1.28. The molecule has 0 fully saturated rings. The predicted molar refractivity (Wildman–Crippen MR) is 69.7 cm³/mol. The molecule has 1 rings (SSSR count). The minimum atomic E-state index is -0.694. The van der Waals surface area contributed by atoms with Crippen molar-refractivity contribution >= 4 is 11.8 Å². The van der Waals surface area contributed by atoms with Crippen LogP contribution in [-0.4, -0.2) is 33.6 Å². The van der Waals surface area contributed by atoms with E-state index in [-0.39, 0.29) is 17.1 Å². The van der Waals surface area contributed by atoms with Gasteiger partial charge in [0.15, 0.2) is 0 Å². The number of amides is 2. The molecule has 0 saturated heterocycles. The molecule has 1 heterocycles. The molecular weight excluding hydrogens is 248 g/mol. The smallest absolute Gasteiger partial charge is 0.272 e. The zero-order valence-corrected chi connectivity index (χ0v) is 11.4. The Morgan fingerprint density at radius 1 is 1.32 bits per heavy atom. The zero-order valence-electron chi connectivity index (χ0n) is 11.4. The van der Waals surface area contributed by atoms with Crippen LogP contribution in [0.5, 0.6) is 0 Å². The Hall–Kier alpha value is -2.18. The maximum Gasteiger partial charge on any atom is 0.272 e. The van der Waals surface area contributed by atoms with Crippen LogP contribution in [0.4, 0.5) is 0 Å². The summed E-state index contributed by atoms with van der Waals surface area (Å²) in [4.78, 5) is 34.4. The predicted octanol–water partition coefficient (Wildman–Crippen LogP) is -0.197. The van der Waals surface area contributed by atoms with Gasteiger partial charge in [-0.15, -0.1) is 0 Å². The lowest BCUT2D eigenvalue weighted by Gasteiger charge is -2.23. The molecule has 104 valence electrons. The molecule has 0 saturated carbocycles. The molecule has 2 amide bonds. The van der Waals surface area contributed by atoms with E-state index in [1.165, 1.54) is 12.1 Å². The number of H-pyrrole nitrogens is 1. The Morgan fingerprint density at radius 2 is 1.95 bits per heavy atom. The Morgan fingerprint density at radius 3 is 2.42 bits per heavy atom. The lowest BCUT2D eigenvalue weighted by atomic mass is 10.1. The molecule has 0 spiro atoms. The van der Waals surface area contributed by atoms with E-state index < -0.39 is 17.5 Å². The van der Waals surface area contributed by atoms with Gasteiger partial charge in [-0.1, -0.05) is 0 Å². The van der Waals surface area contributed by atoms with Crippen LogP contribution in [0.3, 0.4) is 0 Å². The molecule has 0 aliphatic rings. The molecule has 0 radical (unpaired) electrons. The Kier molecular flexibility index (Phi) is 4.42. The standard InChI is InChI=1S/C12H18N4O3/c1-7(10(18)14-12(2,3)4)13-11(19)8-5-6-9(17)16-15-8/h5-7H,1-4H3,(H,13,19)(H,14,18)(H,16,17)/t7-/m1/s1. The Bertz CT molecular complexity index is 510. The van der Waals surface area contributed by atoms with Crippen molar-refractivity contribution in [2.45, 2.75) is 39.3 Å². The molecule has 7 nitrogen and oxygen atoms in total. The lowest BCUT2D eigenvalue weighted by Crippen LogP contribution is -2.51. The highest BCUT2D eigenvalue weighted by Gasteiger charge is 2.21. The van der Waals surface area contributed by atoms with Crippen molar-refractivity contribution in [1.82, 2.24) is 20.8 Å². The molecule has 0 aromatic carbocycles. The van der Waals surface area contributed by atoms with Gasteiger partial charge in [-0.3, -0.25) is 14.4 Å². The molecule has 0 unspecified atom stereocenters. The summed E-state index contributed by atoms with van der Waals surface area (Å²) in [7, 11) is 0. The third-order valence-corrected chi connectivity index (χ3v) is 2.15. The second-order valence-corrected chi connectivity index (χ2v) is 5.24. The van der Waals surface area contributed by atoms with Gasteiger partial charge in [-0.25, -0.2) is 5.10 Å². The van der Waals surface area contributed by atoms with Crippen LogP contribution in [0.15, 0.2) is 16.9 Å². The quantitative estimate of drug-likeness (QED) is 0.705. The van der Waals surface area contributed by atoms with Gasteiger partial charge in [0.25, 0.3) is 11.5 Å². The first kappa shape index (κ1) is 14.9. The molecule has 1 atom stereocenters. The van der Waals surface area contributed by atoms with Crippen molar-refractivity contribution in [3.05, 3.63) is 28.2 Å². The number of hydrogen-bond acceptors (Lipinski definition) is 4. The van der Waals surface area contributed by atoms with Gasteiger partial charge < -0.3 is 10.6 Å². The second-order valence-electron chi connectivity index (χ2n) is 5.24. The number of aromatic amines is 1. The molecular formula is C12H18N4O3. The minimum Gasteiger partial charge on any atom is -0.350 e. The highest BCUT2D eigenvalue weighted by Crippen LogP contribution is 2.00. The number of carbonyl (C=O) groups is 2. The topological polar surface area (TPSA) is 104 Å². The minimum absolute atomic E-state index is 0.0509. The monoisotopic (exact) mass is 266 g/mol. The number of rotatable bonds is 3. The third-order valence-electron chi connectivity index (χ3n) is 2.15. The van der Waals surface area contributed by atoms with Crippen LogP contribution in [0.2, 0.25) is 0 Å². The van der Waals surface area contributed by atoms with Gasteiger partial charge in [-0.05, 0) is 33.8 Å². The number of nitrogens with zero attached hydrogens (tertiary/aromatic N) is 1. The van der Waals surface area contributed by atoms with E-state index in [9.17, 15) is 14.4 Å². The van der Waals surface area contributed by atoms with Crippen molar-refractivity contribution in [2.24, 2.45) is 0 Å². The van der Waals surface area contributed by atoms with E-state index in [1.54, 1.807) is 6.92 Å². The summed E-state index contributed by atoms with van der Waals surface area (Å²) in [5.74, 6) is -0.807. The summed E-state index contributed by atoms with van der Waals surface area (Å²) in [6, 6.07) is 1.80. The summed E-state index contributed by atoms with van der Waals surface area (Å²) in [6.07, 6.45) is 0. The van der Waals surface area contributed by atoms with Crippen LogP contribution >= 0.6 is 0 Å². The molecule has 7 heteroatoms. The van der Waals surface area contributed by atoms with Gasteiger partial charge in [0.2, 0.25) is 5.91 Å². The van der Waals surface area contributed by atoms with Gasteiger partial charge in [-0.2, -0.15) is 5.10 Å². The average molecular weight is 266 g/mol. The van der Waals surface area contributed by atoms with E-state index in [2.05, 4.69) is 20.8 Å². The Labute approximate surface area is 110 Å². The molecule has 1 aromatic heterocycles. The molecule has 0 aliphatic carbocycles. The molecule has 19 heavy (non-hydrogen) atoms. The van der Waals surface area contributed by atoms with E-state index in [1.807, 2.05) is 20.8 Å². The van der Waals surface area contributed by atoms with Crippen molar-refractivity contribution in [2.75, 3.05) is 0 Å². The summed E-state index contributed by atoms with van der Waals surface area (Å²) in [5.41, 5.74) is -0.711. The van der Waals surface area contributed by atoms with Crippen LogP contribution < -0.4 is 16.2 Å². The SMILES string of the molecule is C[C@@H](NC(=O)c1ccc(=O)[nH]n1)C(=O)NC(C)(C)C. The summed E-state index contributed by atoms with van der Waals surface area (Å²) < 4.78 is 0. The lowest BCUT2D eigenvalue weighted by molar-refractivity contribution is -0.124. The number of nitrogens with one attached hydrogen (secondary N) is 3. The third kappa shape index (κ3) is 4.90. The van der Waals surface area contributed by atoms with Crippen LogP contribution in [0.25, 0.3) is 0 Å². The number of carbonyl (C=O) groups excluding carboxylic acids is 2. The zero-order chi connectivity index (χ0) is 14.6. The van der Waals surface area contributed by atoms with Crippen molar-refractivity contribution < 1.29 is 9.59 Å². The van der Waals surface area contributed by atoms with Gasteiger partial charge in [0.1, 0.15) is 11.7 Å². The highest BCUT2D eigenvalue weighted by atomic mass is 16.2. The first-order valence-electron chi connectivity index (χ1n) is 5.87.